The average Bonchev–Trinajstić information content (AvgIpc) is 3.94. The number of pyridine rings is 1. The second-order valence-electron chi connectivity index (χ2n) is 18.8. The average molecular weight is 882 g/mol. The first kappa shape index (κ1) is 35.7. The number of aryl methyl sites for hydroxylation is 1. The molecule has 0 atom stereocenters. The SMILES string of the molecule is [2H]C([2H])([2H])[n+]1[c-]n(-c2cccc(Oc3ccc4c5c6c7c(cc5n(-c5cc(C(C)(C)C)ccn5)c4c3)N(c3ccccc3)c3cccc4c3B7c3c(cccc3N6c3ccccc3)O4)c2)c2ccccc21. The van der Waals surface area contributed by atoms with Crippen molar-refractivity contribution in [3.63, 3.8) is 0 Å². The van der Waals surface area contributed by atoms with Gasteiger partial charge in [-0.3, -0.25) is 4.57 Å². The molecule has 0 N–H and O–H groups in total. The van der Waals surface area contributed by atoms with Crippen LogP contribution in [0.15, 0.2) is 188 Å². The molecule has 6 heterocycles. The molecular formula is C59H43BN6O2. The zero-order valence-corrected chi connectivity index (χ0v) is 37.5. The molecule has 0 saturated carbocycles. The molecule has 0 amide bonds. The molecule has 8 nitrogen and oxygen atoms in total. The summed E-state index contributed by atoms with van der Waals surface area (Å²) in [6, 6.07) is 62.4. The van der Waals surface area contributed by atoms with Crippen LogP contribution in [-0.2, 0) is 12.4 Å². The van der Waals surface area contributed by atoms with Gasteiger partial charge in [-0.2, -0.15) is 0 Å². The molecule has 0 radical (unpaired) electrons. The Hall–Kier alpha value is -8.56. The molecule has 3 aliphatic heterocycles. The van der Waals surface area contributed by atoms with Crippen molar-refractivity contribution in [2.24, 2.45) is 6.98 Å². The van der Waals surface area contributed by atoms with E-state index in [0.717, 1.165) is 101 Å². The normalized spacial score (nSPS) is 14.2. The van der Waals surface area contributed by atoms with Crippen LogP contribution in [-0.4, -0.2) is 20.8 Å². The molecule has 3 aliphatic rings. The Morgan fingerprint density at radius 2 is 1.28 bits per heavy atom. The van der Waals surface area contributed by atoms with E-state index in [1.54, 1.807) is 10.6 Å². The molecule has 0 fully saturated rings. The van der Waals surface area contributed by atoms with Gasteiger partial charge in [0, 0.05) is 51.5 Å². The number of fused-ring (bicyclic) bond motifs is 5. The maximum absolute atomic E-state index is 8.22. The van der Waals surface area contributed by atoms with Crippen LogP contribution in [0.25, 0.3) is 44.3 Å². The Morgan fingerprint density at radius 1 is 0.603 bits per heavy atom. The van der Waals surface area contributed by atoms with Crippen LogP contribution in [0.3, 0.4) is 0 Å². The largest absolute Gasteiger partial charge is 0.458 e. The lowest BCUT2D eigenvalue weighted by Crippen LogP contribution is -2.63. The van der Waals surface area contributed by atoms with Crippen molar-refractivity contribution < 1.29 is 18.2 Å². The number of anilines is 6. The lowest BCUT2D eigenvalue weighted by Gasteiger charge is -2.46. The number of ether oxygens (including phenoxy) is 2. The molecule has 11 aromatic rings. The highest BCUT2D eigenvalue weighted by Gasteiger charge is 2.49. The molecule has 8 aromatic carbocycles. The molecule has 324 valence electrons. The van der Waals surface area contributed by atoms with Gasteiger partial charge in [-0.1, -0.05) is 106 Å². The molecule has 0 bridgehead atoms. The van der Waals surface area contributed by atoms with E-state index in [1.807, 2.05) is 54.7 Å². The van der Waals surface area contributed by atoms with Gasteiger partial charge in [-0.25, -0.2) is 4.98 Å². The fourth-order valence-corrected chi connectivity index (χ4v) is 10.9. The van der Waals surface area contributed by atoms with Gasteiger partial charge in [0.15, 0.2) is 0 Å². The lowest BCUT2D eigenvalue weighted by molar-refractivity contribution is -0.649. The molecular weight excluding hydrogens is 836 g/mol. The van der Waals surface area contributed by atoms with Crippen LogP contribution in [0.2, 0.25) is 0 Å². The Balaban J connectivity index is 1.05. The molecule has 0 aliphatic carbocycles. The maximum Gasteiger partial charge on any atom is 0.261 e. The topological polar surface area (TPSA) is 51.6 Å². The fraction of sp³-hybridized carbons (Fsp3) is 0.0847. The first-order valence-electron chi connectivity index (χ1n) is 24.5. The highest BCUT2D eigenvalue weighted by molar-refractivity contribution is 7.02. The van der Waals surface area contributed by atoms with Gasteiger partial charge >= 0.3 is 0 Å². The Labute approximate surface area is 398 Å². The minimum absolute atomic E-state index is 0.116. The van der Waals surface area contributed by atoms with Crippen molar-refractivity contribution in [2.45, 2.75) is 26.2 Å². The Bertz CT molecular complexity index is 4000. The number of hydrogen-bond donors (Lipinski definition) is 0. The van der Waals surface area contributed by atoms with Crippen molar-refractivity contribution in [3.8, 4) is 34.5 Å². The quantitative estimate of drug-likeness (QED) is 0.0946. The van der Waals surface area contributed by atoms with Gasteiger partial charge in [0.2, 0.25) is 6.33 Å². The molecule has 0 unspecified atom stereocenters. The highest BCUT2D eigenvalue weighted by atomic mass is 16.5. The van der Waals surface area contributed by atoms with E-state index in [4.69, 9.17) is 18.6 Å². The predicted molar refractivity (Wildman–Crippen MR) is 275 cm³/mol. The minimum Gasteiger partial charge on any atom is -0.458 e. The smallest absolute Gasteiger partial charge is 0.261 e. The van der Waals surface area contributed by atoms with Crippen molar-refractivity contribution in [1.82, 2.24) is 14.1 Å². The Morgan fingerprint density at radius 3 is 2.03 bits per heavy atom. The first-order chi connectivity index (χ1) is 34.5. The van der Waals surface area contributed by atoms with Crippen LogP contribution < -0.4 is 40.2 Å². The summed E-state index contributed by atoms with van der Waals surface area (Å²) >= 11 is 0. The second kappa shape index (κ2) is 14.2. The lowest BCUT2D eigenvalue weighted by atomic mass is 9.32. The summed E-state index contributed by atoms with van der Waals surface area (Å²) in [7, 11) is 0. The summed E-state index contributed by atoms with van der Waals surface area (Å²) in [6.07, 6.45) is 5.02. The maximum atomic E-state index is 8.22. The number of rotatable bonds is 6. The number of hydrogen-bond acceptors (Lipinski definition) is 5. The zero-order chi connectivity index (χ0) is 47.9. The van der Waals surface area contributed by atoms with Gasteiger partial charge in [0.05, 0.1) is 44.5 Å². The van der Waals surface area contributed by atoms with Gasteiger partial charge in [0.25, 0.3) is 6.71 Å². The van der Waals surface area contributed by atoms with Gasteiger partial charge < -0.3 is 28.4 Å². The van der Waals surface area contributed by atoms with Gasteiger partial charge in [-0.05, 0) is 118 Å². The van der Waals surface area contributed by atoms with Crippen LogP contribution in [0.1, 0.15) is 30.4 Å². The summed E-state index contributed by atoms with van der Waals surface area (Å²) < 4.78 is 43.7. The third kappa shape index (κ3) is 5.56. The minimum atomic E-state index is -2.41. The summed E-state index contributed by atoms with van der Waals surface area (Å²) in [5.74, 6) is 3.73. The van der Waals surface area contributed by atoms with Crippen molar-refractivity contribution in [3.05, 3.63) is 200 Å². The third-order valence-electron chi connectivity index (χ3n) is 13.9. The number of para-hydroxylation sites is 4. The standard InChI is InChI=1S/C59H43BN6O2/c1-59(2,3)37-30-31-61-53(32-37)66-48-34-42(67-41-21-13-20-40(33-41)63-36-62(4)44-22-11-12-23-45(44)63)28-29-43(48)54-49(66)35-50-57-58(54)65(39-18-9-6-10-19-39)47-25-15-27-52-56(47)60(57)55-46(24-14-26-51(55)68-52)64(50)38-16-7-5-8-17-38/h5-35H,1-4H3/i4D3. The second-order valence-corrected chi connectivity index (χ2v) is 18.8. The summed E-state index contributed by atoms with van der Waals surface area (Å²) in [4.78, 5) is 10.0. The molecule has 9 heteroatoms. The molecule has 0 saturated heterocycles. The van der Waals surface area contributed by atoms with Crippen LogP contribution >= 0.6 is 0 Å². The summed E-state index contributed by atoms with van der Waals surface area (Å²) in [5.41, 5.74) is 14.9. The van der Waals surface area contributed by atoms with Crippen LogP contribution in [0, 0.1) is 6.33 Å². The van der Waals surface area contributed by atoms with E-state index >= 15 is 0 Å². The van der Waals surface area contributed by atoms with E-state index in [-0.39, 0.29) is 12.1 Å². The van der Waals surface area contributed by atoms with E-state index < -0.39 is 6.98 Å². The molecule has 0 spiro atoms. The van der Waals surface area contributed by atoms with Crippen molar-refractivity contribution >= 4 is 90.1 Å². The molecule has 14 rings (SSSR count). The first-order valence-corrected chi connectivity index (χ1v) is 23.0. The zero-order valence-electron chi connectivity index (χ0n) is 40.5. The Kier molecular flexibility index (Phi) is 7.46. The predicted octanol–water partition coefficient (Wildman–Crippen LogP) is 12.0. The summed E-state index contributed by atoms with van der Waals surface area (Å²) in [6.45, 7) is 4.17. The monoisotopic (exact) mass is 881 g/mol. The molecule has 68 heavy (non-hydrogen) atoms. The fourth-order valence-electron chi connectivity index (χ4n) is 10.9. The van der Waals surface area contributed by atoms with E-state index in [2.05, 4.69) is 169 Å². The number of benzene rings is 8. The highest BCUT2D eigenvalue weighted by Crippen LogP contribution is 2.52. The third-order valence-corrected chi connectivity index (χ3v) is 13.9. The molecule has 3 aromatic heterocycles. The summed E-state index contributed by atoms with van der Waals surface area (Å²) in [5, 5.41) is 2.13. The number of imidazole rings is 1. The van der Waals surface area contributed by atoms with E-state index in [1.165, 1.54) is 10.0 Å². The van der Waals surface area contributed by atoms with Crippen molar-refractivity contribution in [1.29, 1.82) is 0 Å². The number of aromatic nitrogens is 4. The van der Waals surface area contributed by atoms with Gasteiger partial charge in [-0.15, -0.1) is 0 Å². The van der Waals surface area contributed by atoms with E-state index in [9.17, 15) is 0 Å². The van der Waals surface area contributed by atoms with E-state index in [0.29, 0.717) is 17.0 Å². The van der Waals surface area contributed by atoms with Gasteiger partial charge in [0.1, 0.15) is 28.8 Å². The van der Waals surface area contributed by atoms with Crippen LogP contribution in [0.5, 0.6) is 23.0 Å². The number of nitrogens with zero attached hydrogens (tertiary/aromatic N) is 6. The van der Waals surface area contributed by atoms with Crippen molar-refractivity contribution in [2.75, 3.05) is 9.80 Å². The van der Waals surface area contributed by atoms with Crippen LogP contribution in [0.4, 0.5) is 34.1 Å².